The average molecular weight is 1270 g/mol. The van der Waals surface area contributed by atoms with Gasteiger partial charge in [-0.2, -0.15) is 10.5 Å². The minimum atomic E-state index is -0.790. The zero-order chi connectivity index (χ0) is 66.0. The molecule has 0 unspecified atom stereocenters. The van der Waals surface area contributed by atoms with Crippen molar-refractivity contribution in [2.75, 3.05) is 0 Å². The third-order valence-electron chi connectivity index (χ3n) is 22.2. The molecule has 0 spiro atoms. The molecule has 2 aliphatic carbocycles. The summed E-state index contributed by atoms with van der Waals surface area (Å²) in [7, 11) is 0. The summed E-state index contributed by atoms with van der Waals surface area (Å²) in [6.45, 7) is 0. The van der Waals surface area contributed by atoms with Crippen molar-refractivity contribution in [3.05, 3.63) is 395 Å². The van der Waals surface area contributed by atoms with E-state index in [2.05, 4.69) is 370 Å². The molecule has 100 heavy (non-hydrogen) atoms. The first-order valence-electron chi connectivity index (χ1n) is 34.2. The van der Waals surface area contributed by atoms with Gasteiger partial charge in [-0.15, -0.1) is 0 Å². The third-order valence-corrected chi connectivity index (χ3v) is 22.2. The molecule has 462 valence electrons. The summed E-state index contributed by atoms with van der Waals surface area (Å²) >= 11 is 0. The van der Waals surface area contributed by atoms with Gasteiger partial charge in [-0.1, -0.05) is 291 Å². The molecule has 0 bridgehead atoms. The number of nitrogens with zero attached hydrogens (tertiary/aromatic N) is 6. The molecule has 15 aromatic carbocycles. The molecule has 19 aromatic rings. The summed E-state index contributed by atoms with van der Waals surface area (Å²) in [4.78, 5) is 0. The average Bonchev–Trinajstić information content (AvgIpc) is 1.50. The van der Waals surface area contributed by atoms with E-state index in [9.17, 15) is 10.5 Å². The van der Waals surface area contributed by atoms with Gasteiger partial charge >= 0.3 is 0 Å². The minimum Gasteiger partial charge on any atom is -0.306 e. The van der Waals surface area contributed by atoms with E-state index >= 15 is 0 Å². The molecule has 4 heterocycles. The number of hydrogen-bond acceptors (Lipinski definition) is 2. The lowest BCUT2D eigenvalue weighted by Crippen LogP contribution is -2.28. The number of para-hydroxylation sites is 6. The van der Waals surface area contributed by atoms with Crippen molar-refractivity contribution in [3.63, 3.8) is 0 Å². The maximum Gasteiger partial charge on any atom is 0.104 e. The van der Waals surface area contributed by atoms with Crippen LogP contribution >= 0.6 is 0 Å². The van der Waals surface area contributed by atoms with E-state index in [4.69, 9.17) is 0 Å². The van der Waals surface area contributed by atoms with Crippen molar-refractivity contribution in [1.82, 2.24) is 18.3 Å². The Kier molecular flexibility index (Phi) is 11.7. The summed E-state index contributed by atoms with van der Waals surface area (Å²) in [5.41, 5.74) is 22.8. The van der Waals surface area contributed by atoms with Gasteiger partial charge in [0.05, 0.1) is 77.7 Å². The van der Waals surface area contributed by atoms with Crippen molar-refractivity contribution in [3.8, 4) is 57.1 Å². The largest absolute Gasteiger partial charge is 0.306 e. The van der Waals surface area contributed by atoms with Crippen LogP contribution in [-0.2, 0) is 10.8 Å². The highest BCUT2D eigenvalue weighted by Gasteiger charge is 2.50. The molecule has 0 fully saturated rings. The van der Waals surface area contributed by atoms with Gasteiger partial charge in [0.1, 0.15) is 23.3 Å². The Bertz CT molecular complexity index is 6450. The van der Waals surface area contributed by atoms with E-state index in [1.54, 1.807) is 0 Å². The highest BCUT2D eigenvalue weighted by Crippen LogP contribution is 2.62. The highest BCUT2D eigenvalue weighted by molar-refractivity contribution is 6.20. The van der Waals surface area contributed by atoms with Gasteiger partial charge in [-0.3, -0.25) is 0 Å². The van der Waals surface area contributed by atoms with Gasteiger partial charge in [0.25, 0.3) is 0 Å². The Morgan fingerprint density at radius 2 is 0.470 bits per heavy atom. The van der Waals surface area contributed by atoms with Crippen LogP contribution in [0.1, 0.15) is 55.6 Å². The van der Waals surface area contributed by atoms with E-state index in [0.717, 1.165) is 132 Å². The molecule has 0 radical (unpaired) electrons. The fraction of sp³-hybridized carbons (Fsp3) is 0.0213. The van der Waals surface area contributed by atoms with Crippen LogP contribution in [0.5, 0.6) is 0 Å². The summed E-state index contributed by atoms with van der Waals surface area (Å²) in [5.74, 6) is 0. The molecule has 6 nitrogen and oxygen atoms in total. The van der Waals surface area contributed by atoms with Crippen LogP contribution in [0.4, 0.5) is 0 Å². The number of hydrogen-bond donors (Lipinski definition) is 0. The normalized spacial score (nSPS) is 13.3. The molecular weight excluding hydrogens is 1210 g/mol. The number of fused-ring (bicyclic) bond motifs is 20. The lowest BCUT2D eigenvalue weighted by Gasteiger charge is -2.34. The molecule has 0 amide bonds. The Labute approximate surface area is 575 Å². The SMILES string of the molecule is N#Cc1c(-n2c3ccccc3c3ccccc32)c(-n2c3ccccc3c3c4c(ccc32)-c2ccccc2C4(c2ccccc2)c2ccccc2)c(-n2c3ccccc3c3ccccc32)c(C#N)c1-n1c2ccccc2c2c3c(ccc21)-c1ccccc1C3(c1ccccc1)c1ccccc1. The first-order chi connectivity index (χ1) is 49.6. The molecule has 4 aromatic heterocycles. The second kappa shape index (κ2) is 21.0. The summed E-state index contributed by atoms with van der Waals surface area (Å²) < 4.78 is 9.41. The van der Waals surface area contributed by atoms with Crippen LogP contribution in [0, 0.1) is 22.7 Å². The predicted octanol–water partition coefficient (Wildman–Crippen LogP) is 22.5. The second-order valence-electron chi connectivity index (χ2n) is 26.6. The maximum absolute atomic E-state index is 13.3. The van der Waals surface area contributed by atoms with E-state index in [-0.39, 0.29) is 0 Å². The smallest absolute Gasteiger partial charge is 0.104 e. The molecule has 2 aliphatic rings. The van der Waals surface area contributed by atoms with Crippen LogP contribution in [0.25, 0.3) is 132 Å². The number of benzene rings is 15. The van der Waals surface area contributed by atoms with Gasteiger partial charge in [0.2, 0.25) is 0 Å². The number of nitriles is 2. The molecule has 21 rings (SSSR count). The molecule has 0 saturated carbocycles. The van der Waals surface area contributed by atoms with Gasteiger partial charge in [-0.25, -0.2) is 0 Å². The second-order valence-corrected chi connectivity index (χ2v) is 26.6. The molecule has 0 atom stereocenters. The summed E-state index contributed by atoms with van der Waals surface area (Å²) in [5, 5.41) is 35.0. The molecule has 0 aliphatic heterocycles. The molecule has 0 saturated heterocycles. The zero-order valence-corrected chi connectivity index (χ0v) is 54.0. The molecule has 0 N–H and O–H groups in total. The lowest BCUT2D eigenvalue weighted by molar-refractivity contribution is 0.776. The first-order valence-corrected chi connectivity index (χ1v) is 34.2. The van der Waals surface area contributed by atoms with E-state index in [1.807, 2.05) is 0 Å². The van der Waals surface area contributed by atoms with Gasteiger partial charge < -0.3 is 18.3 Å². The lowest BCUT2D eigenvalue weighted by atomic mass is 9.67. The van der Waals surface area contributed by atoms with Crippen molar-refractivity contribution in [1.29, 1.82) is 10.5 Å². The van der Waals surface area contributed by atoms with Crippen molar-refractivity contribution < 1.29 is 0 Å². The standard InChI is InChI=1S/C94H56N6/c95-57-73-89(99-81-51-27-19-43-71(81)85-83(99)55-53-69-63-37-13-21-45-75(63)93(87(69)85,59-29-5-1-6-30-59)60-31-7-2-8-32-60)74(58-96)91(98-79-49-25-17-41-67(79)68-42-18-26-50-80(68)98)92(90(73)97-77-47-23-15-39-65(77)66-40-16-24-48-78(66)97)100-82-52-28-20-44-72(82)86-84(100)56-54-70-64-38-14-22-46-76(64)94(88(70)86,61-33-9-3-10-34-61)62-35-11-4-12-36-62/h1-56H. The van der Waals surface area contributed by atoms with Gasteiger partial charge in [-0.05, 0) is 115 Å². The quantitative estimate of drug-likeness (QED) is 0.152. The maximum atomic E-state index is 13.3. The minimum absolute atomic E-state index is 0.341. The van der Waals surface area contributed by atoms with Crippen LogP contribution in [-0.4, -0.2) is 18.3 Å². The Morgan fingerprint density at radius 1 is 0.210 bits per heavy atom. The topological polar surface area (TPSA) is 67.3 Å². The Hall–Kier alpha value is -13.5. The van der Waals surface area contributed by atoms with E-state index in [0.29, 0.717) is 33.9 Å². The Morgan fingerprint density at radius 3 is 0.800 bits per heavy atom. The summed E-state index contributed by atoms with van der Waals surface area (Å²) in [6, 6.07) is 129. The third kappa shape index (κ3) is 7.07. The number of rotatable bonds is 8. The van der Waals surface area contributed by atoms with Crippen LogP contribution < -0.4 is 0 Å². The van der Waals surface area contributed by atoms with Gasteiger partial charge in [0.15, 0.2) is 0 Å². The monoisotopic (exact) mass is 1270 g/mol. The van der Waals surface area contributed by atoms with Crippen molar-refractivity contribution in [2.24, 2.45) is 0 Å². The van der Waals surface area contributed by atoms with Crippen LogP contribution in [0.15, 0.2) is 340 Å². The predicted molar refractivity (Wildman–Crippen MR) is 408 cm³/mol. The Balaban J connectivity index is 1.01. The zero-order valence-electron chi connectivity index (χ0n) is 54.0. The van der Waals surface area contributed by atoms with Crippen molar-refractivity contribution >= 4 is 87.2 Å². The van der Waals surface area contributed by atoms with Crippen LogP contribution in [0.2, 0.25) is 0 Å². The highest BCUT2D eigenvalue weighted by atomic mass is 15.1. The fourth-order valence-corrected chi connectivity index (χ4v) is 18.6. The molecular formula is C94H56N6. The fourth-order valence-electron chi connectivity index (χ4n) is 18.6. The summed E-state index contributed by atoms with van der Waals surface area (Å²) in [6.07, 6.45) is 0. The van der Waals surface area contributed by atoms with Crippen molar-refractivity contribution in [2.45, 2.75) is 10.8 Å². The van der Waals surface area contributed by atoms with E-state index < -0.39 is 10.8 Å². The molecule has 6 heteroatoms. The first kappa shape index (κ1) is 55.7. The van der Waals surface area contributed by atoms with Crippen LogP contribution in [0.3, 0.4) is 0 Å². The number of aromatic nitrogens is 4. The van der Waals surface area contributed by atoms with E-state index in [1.165, 1.54) is 22.3 Å². The van der Waals surface area contributed by atoms with Gasteiger partial charge in [0, 0.05) is 43.1 Å².